The van der Waals surface area contributed by atoms with Gasteiger partial charge < -0.3 is 10.2 Å². The van der Waals surface area contributed by atoms with Crippen LogP contribution in [0.1, 0.15) is 24.2 Å². The van der Waals surface area contributed by atoms with E-state index in [1.54, 1.807) is 11.8 Å². The average molecular weight is 280 g/mol. The third-order valence-electron chi connectivity index (χ3n) is 2.82. The molecule has 0 fully saturated rings. The van der Waals surface area contributed by atoms with Crippen LogP contribution < -0.4 is 5.32 Å². The lowest BCUT2D eigenvalue weighted by molar-refractivity contribution is 0.0929. The second kappa shape index (κ2) is 6.96. The summed E-state index contributed by atoms with van der Waals surface area (Å²) in [6.07, 6.45) is 2.03. The summed E-state index contributed by atoms with van der Waals surface area (Å²) >= 11 is 1.68. The second-order valence-electron chi connectivity index (χ2n) is 5.81. The van der Waals surface area contributed by atoms with Crippen LogP contribution in [-0.2, 0) is 0 Å². The van der Waals surface area contributed by atoms with E-state index in [2.05, 4.69) is 24.1 Å². The molecule has 0 heterocycles. The molecular formula is C15H24N2OS. The number of benzene rings is 1. The van der Waals surface area contributed by atoms with Gasteiger partial charge in [-0.2, -0.15) is 0 Å². The SMILES string of the molecule is CSc1ccc(C(=O)NCC(C)(C)CN(C)C)cc1. The molecule has 3 nitrogen and oxygen atoms in total. The summed E-state index contributed by atoms with van der Waals surface area (Å²) in [4.78, 5) is 15.4. The highest BCUT2D eigenvalue weighted by Crippen LogP contribution is 2.16. The van der Waals surface area contributed by atoms with E-state index in [0.717, 1.165) is 12.1 Å². The molecular weight excluding hydrogens is 256 g/mol. The molecule has 1 amide bonds. The number of nitrogens with zero attached hydrogens (tertiary/aromatic N) is 1. The maximum atomic E-state index is 12.0. The zero-order chi connectivity index (χ0) is 14.5. The lowest BCUT2D eigenvalue weighted by atomic mass is 9.93. The molecule has 1 N–H and O–H groups in total. The van der Waals surface area contributed by atoms with Gasteiger partial charge in [0.1, 0.15) is 0 Å². The molecule has 0 aliphatic carbocycles. The Morgan fingerprint density at radius 3 is 2.32 bits per heavy atom. The van der Waals surface area contributed by atoms with Crippen LogP contribution in [0.3, 0.4) is 0 Å². The number of amides is 1. The number of thioether (sulfide) groups is 1. The van der Waals surface area contributed by atoms with Crippen LogP contribution in [0.5, 0.6) is 0 Å². The predicted octanol–water partition coefficient (Wildman–Crippen LogP) is 2.73. The fraction of sp³-hybridized carbons (Fsp3) is 0.533. The van der Waals surface area contributed by atoms with E-state index in [9.17, 15) is 4.79 Å². The standard InChI is InChI=1S/C15H24N2OS/c1-15(2,11-17(3)4)10-16-14(18)12-6-8-13(19-5)9-7-12/h6-9H,10-11H2,1-5H3,(H,16,18). The summed E-state index contributed by atoms with van der Waals surface area (Å²) in [7, 11) is 4.09. The molecule has 0 saturated carbocycles. The molecule has 4 heteroatoms. The number of carbonyl (C=O) groups is 1. The van der Waals surface area contributed by atoms with Gasteiger partial charge in [0.25, 0.3) is 5.91 Å². The topological polar surface area (TPSA) is 32.3 Å². The van der Waals surface area contributed by atoms with Crippen LogP contribution in [0.2, 0.25) is 0 Å². The minimum atomic E-state index is -0.000478. The fourth-order valence-electron chi connectivity index (χ4n) is 2.08. The van der Waals surface area contributed by atoms with Crippen molar-refractivity contribution in [2.75, 3.05) is 33.4 Å². The Morgan fingerprint density at radius 1 is 1.26 bits per heavy atom. The van der Waals surface area contributed by atoms with Gasteiger partial charge in [-0.25, -0.2) is 0 Å². The van der Waals surface area contributed by atoms with Gasteiger partial charge in [-0.05, 0) is 50.0 Å². The Bertz CT molecular complexity index is 413. The van der Waals surface area contributed by atoms with Crippen molar-refractivity contribution in [3.8, 4) is 0 Å². The molecule has 106 valence electrons. The number of hydrogen-bond donors (Lipinski definition) is 1. The van der Waals surface area contributed by atoms with E-state index >= 15 is 0 Å². The molecule has 0 atom stereocenters. The first-order valence-electron chi connectivity index (χ1n) is 6.41. The molecule has 0 unspecified atom stereocenters. The summed E-state index contributed by atoms with van der Waals surface area (Å²) in [5.74, 6) is -0.000478. The predicted molar refractivity (Wildman–Crippen MR) is 82.9 cm³/mol. The highest BCUT2D eigenvalue weighted by molar-refractivity contribution is 7.98. The quantitative estimate of drug-likeness (QED) is 0.813. The Kier molecular flexibility index (Phi) is 5.88. The van der Waals surface area contributed by atoms with E-state index < -0.39 is 0 Å². The first-order valence-corrected chi connectivity index (χ1v) is 7.63. The zero-order valence-corrected chi connectivity index (χ0v) is 13.3. The summed E-state index contributed by atoms with van der Waals surface area (Å²) in [6.45, 7) is 5.93. The van der Waals surface area contributed by atoms with Crippen molar-refractivity contribution in [2.45, 2.75) is 18.7 Å². The van der Waals surface area contributed by atoms with Crippen LogP contribution in [0.15, 0.2) is 29.2 Å². The van der Waals surface area contributed by atoms with Crippen LogP contribution in [0.25, 0.3) is 0 Å². The lowest BCUT2D eigenvalue weighted by Crippen LogP contribution is -2.39. The summed E-state index contributed by atoms with van der Waals surface area (Å²) in [5, 5.41) is 3.01. The maximum absolute atomic E-state index is 12.0. The molecule has 0 aromatic heterocycles. The van der Waals surface area contributed by atoms with Crippen LogP contribution >= 0.6 is 11.8 Å². The molecule has 0 bridgehead atoms. The molecule has 1 rings (SSSR count). The Labute approximate surface area is 120 Å². The van der Waals surface area contributed by atoms with Crippen molar-refractivity contribution in [2.24, 2.45) is 5.41 Å². The molecule has 0 radical (unpaired) electrons. The zero-order valence-electron chi connectivity index (χ0n) is 12.5. The van der Waals surface area contributed by atoms with Gasteiger partial charge in [-0.3, -0.25) is 4.79 Å². The van der Waals surface area contributed by atoms with E-state index in [4.69, 9.17) is 0 Å². The van der Waals surface area contributed by atoms with Gasteiger partial charge in [0.05, 0.1) is 0 Å². The normalized spacial score (nSPS) is 11.7. The summed E-state index contributed by atoms with van der Waals surface area (Å²) in [6, 6.07) is 7.70. The number of nitrogens with one attached hydrogen (secondary N) is 1. The van der Waals surface area contributed by atoms with Gasteiger partial charge in [-0.15, -0.1) is 11.8 Å². The maximum Gasteiger partial charge on any atom is 0.251 e. The van der Waals surface area contributed by atoms with E-state index in [1.807, 2.05) is 44.6 Å². The summed E-state index contributed by atoms with van der Waals surface area (Å²) < 4.78 is 0. The van der Waals surface area contributed by atoms with Gasteiger partial charge in [0, 0.05) is 23.5 Å². The second-order valence-corrected chi connectivity index (χ2v) is 6.69. The Hall–Kier alpha value is -1.00. The smallest absolute Gasteiger partial charge is 0.251 e. The third kappa shape index (κ3) is 5.66. The molecule has 19 heavy (non-hydrogen) atoms. The lowest BCUT2D eigenvalue weighted by Gasteiger charge is -2.28. The highest BCUT2D eigenvalue weighted by Gasteiger charge is 2.20. The van der Waals surface area contributed by atoms with Crippen molar-refractivity contribution in [1.82, 2.24) is 10.2 Å². The van der Waals surface area contributed by atoms with Crippen molar-refractivity contribution < 1.29 is 4.79 Å². The molecule has 1 aromatic rings. The number of hydrogen-bond acceptors (Lipinski definition) is 3. The van der Waals surface area contributed by atoms with Gasteiger partial charge in [0.2, 0.25) is 0 Å². The first kappa shape index (κ1) is 16.1. The van der Waals surface area contributed by atoms with E-state index in [-0.39, 0.29) is 11.3 Å². The van der Waals surface area contributed by atoms with Crippen molar-refractivity contribution in [1.29, 1.82) is 0 Å². The molecule has 1 aromatic carbocycles. The number of rotatable bonds is 6. The van der Waals surface area contributed by atoms with Crippen LogP contribution in [-0.4, -0.2) is 44.2 Å². The molecule has 0 aliphatic heterocycles. The van der Waals surface area contributed by atoms with Gasteiger partial charge >= 0.3 is 0 Å². The first-order chi connectivity index (χ1) is 8.84. The fourth-order valence-corrected chi connectivity index (χ4v) is 2.48. The van der Waals surface area contributed by atoms with E-state index in [0.29, 0.717) is 6.54 Å². The van der Waals surface area contributed by atoms with E-state index in [1.165, 1.54) is 4.90 Å². The Balaban J connectivity index is 2.55. The van der Waals surface area contributed by atoms with Gasteiger partial charge in [-0.1, -0.05) is 13.8 Å². The molecule has 0 saturated heterocycles. The van der Waals surface area contributed by atoms with Crippen molar-refractivity contribution in [3.63, 3.8) is 0 Å². The monoisotopic (exact) mass is 280 g/mol. The van der Waals surface area contributed by atoms with Crippen molar-refractivity contribution >= 4 is 17.7 Å². The minimum absolute atomic E-state index is 0.000478. The van der Waals surface area contributed by atoms with Gasteiger partial charge in [0.15, 0.2) is 0 Å². The average Bonchev–Trinajstić information content (AvgIpc) is 2.34. The molecule has 0 aliphatic rings. The van der Waals surface area contributed by atoms with Crippen LogP contribution in [0.4, 0.5) is 0 Å². The largest absolute Gasteiger partial charge is 0.351 e. The van der Waals surface area contributed by atoms with Crippen LogP contribution in [0, 0.1) is 5.41 Å². The summed E-state index contributed by atoms with van der Waals surface area (Å²) in [5.41, 5.74) is 0.789. The Morgan fingerprint density at radius 2 is 1.84 bits per heavy atom. The third-order valence-corrected chi connectivity index (χ3v) is 3.57. The minimum Gasteiger partial charge on any atom is -0.351 e. The molecule has 0 spiro atoms. The van der Waals surface area contributed by atoms with Crippen molar-refractivity contribution in [3.05, 3.63) is 29.8 Å². The highest BCUT2D eigenvalue weighted by atomic mass is 32.2. The number of carbonyl (C=O) groups excluding carboxylic acids is 1.